The smallest absolute Gasteiger partial charge is 0.304 e. The summed E-state index contributed by atoms with van der Waals surface area (Å²) < 4.78 is 1.79. The van der Waals surface area contributed by atoms with Crippen molar-refractivity contribution in [2.45, 2.75) is 25.9 Å². The summed E-state index contributed by atoms with van der Waals surface area (Å²) in [6, 6.07) is 22.3. The van der Waals surface area contributed by atoms with Crippen LogP contribution in [0, 0.1) is 13.8 Å². The van der Waals surface area contributed by atoms with Crippen LogP contribution in [-0.2, 0) is 4.79 Å². The molecule has 6 heteroatoms. The minimum atomic E-state index is -0.738. The molecule has 1 heterocycles. The van der Waals surface area contributed by atoms with Crippen LogP contribution >= 0.6 is 0 Å². The number of carbonyl (C=O) groups is 2. The molecule has 0 unspecified atom stereocenters. The molecule has 2 atom stereocenters. The molecule has 2 N–H and O–H groups in total. The first-order valence-electron chi connectivity index (χ1n) is 11.0. The van der Waals surface area contributed by atoms with Gasteiger partial charge in [-0.3, -0.25) is 9.59 Å². The molecule has 1 aliphatic rings. The Morgan fingerprint density at radius 3 is 2.30 bits per heavy atom. The zero-order valence-corrected chi connectivity index (χ0v) is 19.4. The summed E-state index contributed by atoms with van der Waals surface area (Å²) in [7, 11) is 3.99. The molecule has 0 spiro atoms. The maximum Gasteiger partial charge on any atom is 0.304 e. The molecule has 168 valence electrons. The lowest BCUT2D eigenvalue weighted by atomic mass is 9.98. The molecule has 0 aromatic heterocycles. The maximum atomic E-state index is 13.0. The van der Waals surface area contributed by atoms with E-state index in [1.807, 2.05) is 106 Å². The van der Waals surface area contributed by atoms with E-state index in [4.69, 9.17) is 0 Å². The van der Waals surface area contributed by atoms with E-state index in [9.17, 15) is 9.59 Å². The van der Waals surface area contributed by atoms with Crippen LogP contribution in [0.5, 0.6) is 0 Å². The third-order valence-corrected chi connectivity index (χ3v) is 5.82. The fourth-order valence-electron chi connectivity index (χ4n) is 3.97. The monoisotopic (exact) mass is 441 g/mol. The van der Waals surface area contributed by atoms with Crippen molar-refractivity contribution in [3.05, 3.63) is 101 Å². The summed E-state index contributed by atoms with van der Waals surface area (Å²) in [4.78, 5) is 28.0. The molecule has 3 aromatic carbocycles. The third-order valence-electron chi connectivity index (χ3n) is 5.82. The Kier molecular flexibility index (Phi) is 6.27. The van der Waals surface area contributed by atoms with E-state index in [1.165, 1.54) is 0 Å². The number of nitrogens with one attached hydrogen (secondary N) is 2. The van der Waals surface area contributed by atoms with Crippen LogP contribution in [0.15, 0.2) is 72.8 Å². The number of anilines is 1. The fraction of sp³-hybridized carbons (Fsp3) is 0.222. The molecule has 0 saturated carbocycles. The predicted molar refractivity (Wildman–Crippen MR) is 131 cm³/mol. The summed E-state index contributed by atoms with van der Waals surface area (Å²) in [5, 5.41) is 2.96. The second-order valence-electron chi connectivity index (χ2n) is 8.67. The lowest BCUT2D eigenvalue weighted by molar-refractivity contribution is -0.596. The van der Waals surface area contributed by atoms with Crippen molar-refractivity contribution < 1.29 is 14.3 Å². The normalized spacial score (nSPS) is 18.8. The Labute approximate surface area is 194 Å². The summed E-state index contributed by atoms with van der Waals surface area (Å²) >= 11 is 0. The number of amides is 2. The molecule has 0 aliphatic carbocycles. The molecule has 0 bridgehead atoms. The molecule has 1 aliphatic heterocycles. The number of hydrazine groups is 1. The van der Waals surface area contributed by atoms with Gasteiger partial charge in [0.1, 0.15) is 0 Å². The Hall–Kier alpha value is -3.93. The van der Waals surface area contributed by atoms with E-state index in [0.717, 1.165) is 27.9 Å². The molecule has 1 fully saturated rings. The van der Waals surface area contributed by atoms with E-state index in [0.29, 0.717) is 5.56 Å². The Morgan fingerprint density at radius 2 is 1.67 bits per heavy atom. The highest BCUT2D eigenvalue weighted by Crippen LogP contribution is 2.26. The molecule has 3 aromatic rings. The van der Waals surface area contributed by atoms with Crippen molar-refractivity contribution in [3.63, 3.8) is 0 Å². The number of benzene rings is 3. The molecule has 6 nitrogen and oxygen atoms in total. The maximum absolute atomic E-state index is 13.0. The van der Waals surface area contributed by atoms with E-state index in [2.05, 4.69) is 10.7 Å². The number of carbonyl (C=O) groups excluding carboxylic acids is 2. The molecule has 0 radical (unpaired) electrons. The largest absolute Gasteiger partial charge is 0.378 e. The van der Waals surface area contributed by atoms with Gasteiger partial charge < -0.3 is 10.2 Å². The third kappa shape index (κ3) is 4.95. The quantitative estimate of drug-likeness (QED) is 0.597. The fourth-order valence-corrected chi connectivity index (χ4v) is 3.97. The molecular weight excluding hydrogens is 412 g/mol. The van der Waals surface area contributed by atoms with Gasteiger partial charge >= 0.3 is 5.91 Å². The molecular formula is C27H29N4O2+. The van der Waals surface area contributed by atoms with Gasteiger partial charge in [-0.15, -0.1) is 10.1 Å². The van der Waals surface area contributed by atoms with Gasteiger partial charge in [-0.1, -0.05) is 47.5 Å². The number of hydrogen-bond acceptors (Lipinski definition) is 3. The van der Waals surface area contributed by atoms with E-state index >= 15 is 0 Å². The summed E-state index contributed by atoms with van der Waals surface area (Å²) in [5.41, 5.74) is 8.57. The number of hydrazone groups is 1. The second kappa shape index (κ2) is 9.28. The van der Waals surface area contributed by atoms with Crippen LogP contribution in [0.25, 0.3) is 0 Å². The summed E-state index contributed by atoms with van der Waals surface area (Å²) in [5.74, 6) is -0.518. The lowest BCUT2D eigenvalue weighted by Crippen LogP contribution is -2.42. The number of rotatable bonds is 5. The first-order chi connectivity index (χ1) is 15.8. The first-order valence-corrected chi connectivity index (χ1v) is 11.0. The van der Waals surface area contributed by atoms with Gasteiger partial charge in [0, 0.05) is 36.5 Å². The van der Waals surface area contributed by atoms with Crippen molar-refractivity contribution in [2.75, 3.05) is 19.0 Å². The van der Waals surface area contributed by atoms with Crippen LogP contribution in [0.2, 0.25) is 0 Å². The van der Waals surface area contributed by atoms with Gasteiger partial charge in [-0.25, -0.2) is 0 Å². The minimum Gasteiger partial charge on any atom is -0.378 e. The number of hydrogen-bond donors (Lipinski definition) is 2. The van der Waals surface area contributed by atoms with Gasteiger partial charge in [0.2, 0.25) is 12.3 Å². The van der Waals surface area contributed by atoms with Gasteiger partial charge in [-0.2, -0.15) is 0 Å². The number of aryl methyl sites for hydroxylation is 2. The summed E-state index contributed by atoms with van der Waals surface area (Å²) in [6.45, 7) is 3.96. The first kappa shape index (κ1) is 22.3. The zero-order chi connectivity index (χ0) is 23.5. The minimum absolute atomic E-state index is 0.247. The van der Waals surface area contributed by atoms with Crippen molar-refractivity contribution in [3.8, 4) is 0 Å². The highest BCUT2D eigenvalue weighted by Gasteiger charge is 2.47. The van der Waals surface area contributed by atoms with Crippen molar-refractivity contribution in [1.29, 1.82) is 0 Å². The Bertz CT molecular complexity index is 1200. The SMILES string of the molecule is Cc1ccc([C@@H]2[C@H](NC(=O)c3cccc(C)c3)C(=O)N/[N+]2=C\c2ccc(N(C)C)cc2)cc1. The van der Waals surface area contributed by atoms with Crippen molar-refractivity contribution >= 4 is 23.7 Å². The highest BCUT2D eigenvalue weighted by atomic mass is 16.2. The van der Waals surface area contributed by atoms with Crippen LogP contribution in [-0.4, -0.2) is 42.9 Å². The van der Waals surface area contributed by atoms with Crippen LogP contribution in [0.1, 0.15) is 38.7 Å². The van der Waals surface area contributed by atoms with Gasteiger partial charge in [0.15, 0.2) is 6.04 Å². The van der Waals surface area contributed by atoms with Crippen LogP contribution < -0.4 is 15.6 Å². The van der Waals surface area contributed by atoms with Crippen molar-refractivity contribution in [1.82, 2.24) is 10.7 Å². The molecule has 2 amide bonds. The molecule has 33 heavy (non-hydrogen) atoms. The lowest BCUT2D eigenvalue weighted by Gasteiger charge is -2.15. The highest BCUT2D eigenvalue weighted by molar-refractivity contribution is 5.98. The Balaban J connectivity index is 1.69. The van der Waals surface area contributed by atoms with Gasteiger partial charge in [-0.05, 0) is 50.2 Å². The van der Waals surface area contributed by atoms with Gasteiger partial charge in [0.25, 0.3) is 5.91 Å². The van der Waals surface area contributed by atoms with E-state index in [-0.39, 0.29) is 17.9 Å². The van der Waals surface area contributed by atoms with Crippen molar-refractivity contribution in [2.24, 2.45) is 0 Å². The average molecular weight is 442 g/mol. The van der Waals surface area contributed by atoms with E-state index in [1.54, 1.807) is 10.8 Å². The Morgan fingerprint density at radius 1 is 0.970 bits per heavy atom. The predicted octanol–water partition coefficient (Wildman–Crippen LogP) is 3.39. The molecule has 1 saturated heterocycles. The standard InChI is InChI=1S/C27H28N4O2/c1-18-8-12-21(13-9-18)25-24(28-26(32)22-7-5-6-19(2)16-22)27(33)29-31(25)17-20-10-14-23(15-11-20)30(3)4/h5-17,24-25H,1-4H3,(H-,28,29,32,33)/p+1/t24-,25+/m0/s1. The zero-order valence-electron chi connectivity index (χ0n) is 19.4. The average Bonchev–Trinajstić information content (AvgIpc) is 3.09. The van der Waals surface area contributed by atoms with Crippen LogP contribution in [0.3, 0.4) is 0 Å². The summed E-state index contributed by atoms with van der Waals surface area (Å²) in [6.07, 6.45) is 1.90. The van der Waals surface area contributed by atoms with Crippen LogP contribution in [0.4, 0.5) is 5.69 Å². The van der Waals surface area contributed by atoms with E-state index < -0.39 is 6.04 Å². The topological polar surface area (TPSA) is 64.5 Å². The number of nitrogens with zero attached hydrogens (tertiary/aromatic N) is 2. The van der Waals surface area contributed by atoms with Gasteiger partial charge in [0.05, 0.1) is 0 Å². The second-order valence-corrected chi connectivity index (χ2v) is 8.67. The molecule has 4 rings (SSSR count).